The summed E-state index contributed by atoms with van der Waals surface area (Å²) in [5.41, 5.74) is 4.30. The van der Waals surface area contributed by atoms with Gasteiger partial charge in [0.1, 0.15) is 11.4 Å². The Morgan fingerprint density at radius 3 is 2.46 bits per heavy atom. The highest BCUT2D eigenvalue weighted by Crippen LogP contribution is 2.34. The minimum atomic E-state index is -0.152. The van der Waals surface area contributed by atoms with Crippen molar-refractivity contribution in [3.63, 3.8) is 0 Å². The lowest BCUT2D eigenvalue weighted by Crippen LogP contribution is -2.22. The normalized spacial score (nSPS) is 15.9. The predicted molar refractivity (Wildman–Crippen MR) is 90.6 cm³/mol. The summed E-state index contributed by atoms with van der Waals surface area (Å²) in [6.45, 7) is 1.94. The van der Waals surface area contributed by atoms with E-state index in [0.717, 1.165) is 28.3 Å². The molecule has 2 aromatic carbocycles. The molecule has 0 bridgehead atoms. The van der Waals surface area contributed by atoms with Crippen molar-refractivity contribution in [3.05, 3.63) is 77.1 Å². The lowest BCUT2D eigenvalue weighted by molar-refractivity contribution is 0.0953. The van der Waals surface area contributed by atoms with E-state index in [1.807, 2.05) is 61.5 Å². The molecule has 1 unspecified atom stereocenters. The number of hydrogen-bond acceptors (Lipinski definition) is 3. The maximum Gasteiger partial charge on any atom is 0.271 e. The van der Waals surface area contributed by atoms with Gasteiger partial charge in [-0.25, -0.2) is 4.68 Å². The molecule has 0 saturated heterocycles. The van der Waals surface area contributed by atoms with Gasteiger partial charge in [-0.3, -0.25) is 4.79 Å². The van der Waals surface area contributed by atoms with Crippen molar-refractivity contribution in [2.75, 3.05) is 7.11 Å². The summed E-state index contributed by atoms with van der Waals surface area (Å²) in [6, 6.07) is 17.3. The largest absolute Gasteiger partial charge is 0.497 e. The molecule has 24 heavy (non-hydrogen) atoms. The summed E-state index contributed by atoms with van der Waals surface area (Å²) in [6.07, 6.45) is 0. The van der Waals surface area contributed by atoms with Crippen molar-refractivity contribution in [1.82, 2.24) is 15.1 Å². The standard InChI is InChI=1S/C19H17N3O2/c1-12-16-17(13-6-4-3-5-7-13)20-19(23)18(16)22(21-12)14-8-10-15(24-2)11-9-14/h3-11,17H,1-2H3,(H,20,23). The molecule has 1 amide bonds. The summed E-state index contributed by atoms with van der Waals surface area (Å²) in [4.78, 5) is 12.6. The van der Waals surface area contributed by atoms with Gasteiger partial charge in [-0.05, 0) is 36.8 Å². The van der Waals surface area contributed by atoms with Crippen LogP contribution in [0.2, 0.25) is 0 Å². The molecule has 1 atom stereocenters. The molecule has 1 N–H and O–H groups in total. The van der Waals surface area contributed by atoms with E-state index in [2.05, 4.69) is 10.4 Å². The molecule has 0 saturated carbocycles. The summed E-state index contributed by atoms with van der Waals surface area (Å²) in [7, 11) is 1.63. The van der Waals surface area contributed by atoms with Crippen LogP contribution in [0.3, 0.4) is 0 Å². The molecule has 3 aromatic rings. The van der Waals surface area contributed by atoms with E-state index in [9.17, 15) is 4.79 Å². The van der Waals surface area contributed by atoms with Crippen LogP contribution in [-0.4, -0.2) is 22.8 Å². The maximum absolute atomic E-state index is 12.6. The Morgan fingerprint density at radius 2 is 1.79 bits per heavy atom. The molecule has 1 aliphatic heterocycles. The summed E-state index contributed by atoms with van der Waals surface area (Å²) in [5, 5.41) is 7.66. The van der Waals surface area contributed by atoms with Gasteiger partial charge in [0, 0.05) is 5.56 Å². The Bertz CT molecular complexity index is 898. The first-order chi connectivity index (χ1) is 11.7. The van der Waals surface area contributed by atoms with Crippen LogP contribution in [0.1, 0.15) is 33.4 Å². The topological polar surface area (TPSA) is 56.2 Å². The first-order valence-electron chi connectivity index (χ1n) is 7.79. The van der Waals surface area contributed by atoms with Gasteiger partial charge in [-0.2, -0.15) is 5.10 Å². The van der Waals surface area contributed by atoms with Crippen LogP contribution in [0.15, 0.2) is 54.6 Å². The average Bonchev–Trinajstić information content (AvgIpc) is 3.15. The van der Waals surface area contributed by atoms with Gasteiger partial charge >= 0.3 is 0 Å². The minimum absolute atomic E-state index is 0.102. The van der Waals surface area contributed by atoms with E-state index in [1.165, 1.54) is 0 Å². The number of amides is 1. The number of nitrogens with one attached hydrogen (secondary N) is 1. The number of rotatable bonds is 3. The Hall–Kier alpha value is -3.08. The first kappa shape index (κ1) is 14.5. The fourth-order valence-corrected chi connectivity index (χ4v) is 3.18. The number of carbonyl (C=O) groups excluding carboxylic acids is 1. The molecule has 0 spiro atoms. The highest BCUT2D eigenvalue weighted by Gasteiger charge is 2.36. The second-order valence-electron chi connectivity index (χ2n) is 5.77. The zero-order chi connectivity index (χ0) is 16.7. The van der Waals surface area contributed by atoms with Crippen LogP contribution in [0.5, 0.6) is 5.75 Å². The summed E-state index contributed by atoms with van der Waals surface area (Å²) < 4.78 is 6.90. The number of aromatic nitrogens is 2. The number of fused-ring (bicyclic) bond motifs is 1. The van der Waals surface area contributed by atoms with Gasteiger partial charge in [0.15, 0.2) is 0 Å². The molecular formula is C19H17N3O2. The Balaban J connectivity index is 1.83. The van der Waals surface area contributed by atoms with Gasteiger partial charge in [0.2, 0.25) is 0 Å². The molecule has 5 heteroatoms. The van der Waals surface area contributed by atoms with E-state index in [0.29, 0.717) is 5.69 Å². The quantitative estimate of drug-likeness (QED) is 0.807. The van der Waals surface area contributed by atoms with Crippen LogP contribution in [-0.2, 0) is 0 Å². The lowest BCUT2D eigenvalue weighted by atomic mass is 10.0. The van der Waals surface area contributed by atoms with Crippen molar-refractivity contribution in [2.24, 2.45) is 0 Å². The van der Waals surface area contributed by atoms with Crippen molar-refractivity contribution < 1.29 is 9.53 Å². The SMILES string of the molecule is COc1ccc(-n2nc(C)c3c2C(=O)NC3c2ccccc2)cc1. The van der Waals surface area contributed by atoms with E-state index < -0.39 is 0 Å². The molecular weight excluding hydrogens is 302 g/mol. The Morgan fingerprint density at radius 1 is 1.08 bits per heavy atom. The number of aryl methyl sites for hydroxylation is 1. The molecule has 120 valence electrons. The van der Waals surface area contributed by atoms with Crippen molar-refractivity contribution in [3.8, 4) is 11.4 Å². The number of ether oxygens (including phenoxy) is 1. The van der Waals surface area contributed by atoms with Gasteiger partial charge in [-0.15, -0.1) is 0 Å². The number of nitrogens with zero attached hydrogens (tertiary/aromatic N) is 2. The summed E-state index contributed by atoms with van der Waals surface area (Å²) >= 11 is 0. The molecule has 0 fully saturated rings. The Kier molecular flexibility index (Phi) is 3.34. The van der Waals surface area contributed by atoms with Gasteiger partial charge < -0.3 is 10.1 Å². The number of hydrogen-bond donors (Lipinski definition) is 1. The minimum Gasteiger partial charge on any atom is -0.497 e. The van der Waals surface area contributed by atoms with Gasteiger partial charge in [0.05, 0.1) is 24.5 Å². The van der Waals surface area contributed by atoms with E-state index in [4.69, 9.17) is 4.74 Å². The second kappa shape index (κ2) is 5.53. The zero-order valence-corrected chi connectivity index (χ0v) is 13.5. The Labute approximate surface area is 139 Å². The smallest absolute Gasteiger partial charge is 0.271 e. The number of carbonyl (C=O) groups is 1. The molecule has 1 aliphatic rings. The number of methoxy groups -OCH3 is 1. The molecule has 5 nitrogen and oxygen atoms in total. The van der Waals surface area contributed by atoms with Crippen LogP contribution in [0.4, 0.5) is 0 Å². The maximum atomic E-state index is 12.6. The van der Waals surface area contributed by atoms with E-state index in [1.54, 1.807) is 11.8 Å². The van der Waals surface area contributed by atoms with Gasteiger partial charge in [-0.1, -0.05) is 30.3 Å². The van der Waals surface area contributed by atoms with E-state index in [-0.39, 0.29) is 11.9 Å². The predicted octanol–water partition coefficient (Wildman–Crippen LogP) is 3.02. The van der Waals surface area contributed by atoms with Crippen LogP contribution < -0.4 is 10.1 Å². The second-order valence-corrected chi connectivity index (χ2v) is 5.77. The first-order valence-corrected chi connectivity index (χ1v) is 7.79. The van der Waals surface area contributed by atoms with Crippen LogP contribution in [0, 0.1) is 6.92 Å². The van der Waals surface area contributed by atoms with Crippen molar-refractivity contribution in [2.45, 2.75) is 13.0 Å². The third-order valence-electron chi connectivity index (χ3n) is 4.34. The fourth-order valence-electron chi connectivity index (χ4n) is 3.18. The molecule has 1 aromatic heterocycles. The van der Waals surface area contributed by atoms with Crippen LogP contribution >= 0.6 is 0 Å². The number of benzene rings is 2. The zero-order valence-electron chi connectivity index (χ0n) is 13.5. The third kappa shape index (κ3) is 2.17. The molecule has 2 heterocycles. The molecule has 0 aliphatic carbocycles. The lowest BCUT2D eigenvalue weighted by Gasteiger charge is -2.11. The molecule has 0 radical (unpaired) electrons. The van der Waals surface area contributed by atoms with E-state index >= 15 is 0 Å². The van der Waals surface area contributed by atoms with Crippen molar-refractivity contribution >= 4 is 5.91 Å². The van der Waals surface area contributed by atoms with Crippen LogP contribution in [0.25, 0.3) is 5.69 Å². The fraction of sp³-hybridized carbons (Fsp3) is 0.158. The van der Waals surface area contributed by atoms with Crippen molar-refractivity contribution in [1.29, 1.82) is 0 Å². The average molecular weight is 319 g/mol. The monoisotopic (exact) mass is 319 g/mol. The highest BCUT2D eigenvalue weighted by molar-refractivity contribution is 5.99. The third-order valence-corrected chi connectivity index (χ3v) is 4.34. The summed E-state index contributed by atoms with van der Waals surface area (Å²) in [5.74, 6) is 0.668. The molecule has 4 rings (SSSR count). The van der Waals surface area contributed by atoms with Gasteiger partial charge in [0.25, 0.3) is 5.91 Å². The highest BCUT2D eigenvalue weighted by atomic mass is 16.5.